The van der Waals surface area contributed by atoms with E-state index in [2.05, 4.69) is 46.3 Å². The van der Waals surface area contributed by atoms with Crippen molar-refractivity contribution in [1.29, 1.82) is 5.26 Å². The highest BCUT2D eigenvalue weighted by atomic mass is 16.4. The zero-order chi connectivity index (χ0) is 18.6. The van der Waals surface area contributed by atoms with Gasteiger partial charge in [-0.1, -0.05) is 48.0 Å². The van der Waals surface area contributed by atoms with Crippen LogP contribution in [0.15, 0.2) is 59.0 Å². The summed E-state index contributed by atoms with van der Waals surface area (Å²) >= 11 is 0. The fourth-order valence-electron chi connectivity index (χ4n) is 3.51. The van der Waals surface area contributed by atoms with Crippen LogP contribution in [0.5, 0.6) is 0 Å². The Balaban J connectivity index is 1.46. The van der Waals surface area contributed by atoms with Crippen LogP contribution in [0.1, 0.15) is 16.8 Å². The normalized spacial score (nSPS) is 14.9. The third-order valence-corrected chi connectivity index (χ3v) is 5.07. The minimum absolute atomic E-state index is 0.372. The molecule has 0 unspecified atom stereocenters. The monoisotopic (exact) mass is 359 g/mol. The van der Waals surface area contributed by atoms with Gasteiger partial charge in [-0.25, -0.2) is 0 Å². The number of aryl methyl sites for hydroxylation is 1. The van der Waals surface area contributed by atoms with Gasteiger partial charge in [0.2, 0.25) is 17.5 Å². The van der Waals surface area contributed by atoms with Gasteiger partial charge in [-0.05, 0) is 19.1 Å². The lowest BCUT2D eigenvalue weighted by molar-refractivity contribution is -0.914. The number of piperazine rings is 1. The second kappa shape index (κ2) is 7.65. The highest BCUT2D eigenvalue weighted by Gasteiger charge is 2.26. The second-order valence-electron chi connectivity index (χ2n) is 7.05. The molecule has 5 nitrogen and oxygen atoms in total. The molecule has 0 atom stereocenters. The first kappa shape index (κ1) is 17.3. The molecular formula is C22H23N4O+. The Morgan fingerprint density at radius 3 is 2.44 bits per heavy atom. The number of benzene rings is 2. The Labute approximate surface area is 159 Å². The summed E-state index contributed by atoms with van der Waals surface area (Å²) in [5, 5.41) is 9.50. The molecular weight excluding hydrogens is 336 g/mol. The van der Waals surface area contributed by atoms with Gasteiger partial charge in [0.25, 0.3) is 0 Å². The van der Waals surface area contributed by atoms with Crippen LogP contribution in [-0.4, -0.2) is 31.2 Å². The fraction of sp³-hybridized carbons (Fsp3) is 0.273. The summed E-state index contributed by atoms with van der Waals surface area (Å²) in [6.07, 6.45) is 0. The Morgan fingerprint density at radius 2 is 1.78 bits per heavy atom. The van der Waals surface area contributed by atoms with E-state index in [1.807, 2.05) is 31.2 Å². The maximum absolute atomic E-state index is 9.50. The molecule has 1 N–H and O–H groups in total. The van der Waals surface area contributed by atoms with Crippen molar-refractivity contribution in [2.24, 2.45) is 0 Å². The van der Waals surface area contributed by atoms with Gasteiger partial charge in [0.1, 0.15) is 12.6 Å². The third kappa shape index (κ3) is 3.86. The molecule has 0 spiro atoms. The lowest BCUT2D eigenvalue weighted by Gasteiger charge is -2.31. The predicted molar refractivity (Wildman–Crippen MR) is 104 cm³/mol. The third-order valence-electron chi connectivity index (χ3n) is 5.07. The maximum atomic E-state index is 9.50. The molecule has 1 aromatic heterocycles. The number of anilines is 1. The highest BCUT2D eigenvalue weighted by Crippen LogP contribution is 2.28. The van der Waals surface area contributed by atoms with E-state index >= 15 is 0 Å². The molecule has 1 saturated heterocycles. The number of hydrogen-bond acceptors (Lipinski definition) is 4. The van der Waals surface area contributed by atoms with Crippen LogP contribution in [0.4, 0.5) is 5.88 Å². The molecule has 0 saturated carbocycles. The zero-order valence-electron chi connectivity index (χ0n) is 15.5. The minimum Gasteiger partial charge on any atom is -0.419 e. The van der Waals surface area contributed by atoms with Crippen LogP contribution in [0.3, 0.4) is 0 Å². The van der Waals surface area contributed by atoms with Gasteiger partial charge in [0, 0.05) is 11.1 Å². The van der Waals surface area contributed by atoms with Gasteiger partial charge in [-0.3, -0.25) is 0 Å². The molecule has 1 aliphatic heterocycles. The summed E-state index contributed by atoms with van der Waals surface area (Å²) in [5.41, 5.74) is 3.82. The average molecular weight is 359 g/mol. The van der Waals surface area contributed by atoms with E-state index in [0.717, 1.165) is 38.3 Å². The molecule has 0 radical (unpaired) electrons. The number of oxazole rings is 1. The minimum atomic E-state index is 0.372. The van der Waals surface area contributed by atoms with Crippen LogP contribution in [0, 0.1) is 18.3 Å². The Morgan fingerprint density at radius 1 is 1.07 bits per heavy atom. The van der Waals surface area contributed by atoms with Crippen molar-refractivity contribution in [2.75, 3.05) is 31.1 Å². The smallest absolute Gasteiger partial charge is 0.235 e. The van der Waals surface area contributed by atoms with Crippen molar-refractivity contribution < 1.29 is 9.32 Å². The standard InChI is InChI=1S/C22H22N4O/c1-17-7-9-19(10-8-17)21-24-20(15-23)22(27-21)26-13-11-25(12-14-26)16-18-5-3-2-4-6-18/h2-10H,11-14,16H2,1H3/p+1. The van der Waals surface area contributed by atoms with Crippen molar-refractivity contribution in [3.8, 4) is 17.5 Å². The zero-order valence-corrected chi connectivity index (χ0v) is 15.5. The molecule has 3 aromatic rings. The van der Waals surface area contributed by atoms with Crippen LogP contribution in [0.25, 0.3) is 11.5 Å². The molecule has 2 heterocycles. The molecule has 0 amide bonds. The molecule has 1 aliphatic rings. The first-order chi connectivity index (χ1) is 13.2. The number of aromatic nitrogens is 1. The number of nitrogens with one attached hydrogen (secondary N) is 1. The topological polar surface area (TPSA) is 57.5 Å². The number of quaternary nitrogens is 1. The van der Waals surface area contributed by atoms with Crippen LogP contribution >= 0.6 is 0 Å². The number of nitriles is 1. The lowest BCUT2D eigenvalue weighted by atomic mass is 10.1. The van der Waals surface area contributed by atoms with E-state index in [1.165, 1.54) is 11.1 Å². The van der Waals surface area contributed by atoms with Crippen LogP contribution in [0.2, 0.25) is 0 Å². The van der Waals surface area contributed by atoms with E-state index in [0.29, 0.717) is 17.5 Å². The van der Waals surface area contributed by atoms with Crippen LogP contribution < -0.4 is 9.80 Å². The lowest BCUT2D eigenvalue weighted by Crippen LogP contribution is -3.13. The second-order valence-corrected chi connectivity index (χ2v) is 7.05. The Kier molecular flexibility index (Phi) is 4.91. The molecule has 0 bridgehead atoms. The van der Waals surface area contributed by atoms with E-state index in [4.69, 9.17) is 4.42 Å². The fourth-order valence-corrected chi connectivity index (χ4v) is 3.51. The highest BCUT2D eigenvalue weighted by molar-refractivity contribution is 5.59. The predicted octanol–water partition coefficient (Wildman–Crippen LogP) is 2.43. The van der Waals surface area contributed by atoms with Crippen molar-refractivity contribution in [1.82, 2.24) is 4.98 Å². The average Bonchev–Trinajstić information content (AvgIpc) is 3.14. The summed E-state index contributed by atoms with van der Waals surface area (Å²) in [7, 11) is 0. The number of rotatable bonds is 4. The molecule has 27 heavy (non-hydrogen) atoms. The Bertz CT molecular complexity index is 933. The van der Waals surface area contributed by atoms with Crippen molar-refractivity contribution in [3.05, 3.63) is 71.4 Å². The quantitative estimate of drug-likeness (QED) is 0.777. The molecule has 2 aromatic carbocycles. The van der Waals surface area contributed by atoms with Crippen molar-refractivity contribution >= 4 is 5.88 Å². The SMILES string of the molecule is Cc1ccc(-c2nc(C#N)c(N3CC[NH+](Cc4ccccc4)CC3)o2)cc1. The summed E-state index contributed by atoms with van der Waals surface area (Å²) in [5.74, 6) is 1.12. The van der Waals surface area contributed by atoms with E-state index in [1.54, 1.807) is 4.90 Å². The molecule has 5 heteroatoms. The van der Waals surface area contributed by atoms with Gasteiger partial charge >= 0.3 is 0 Å². The molecule has 0 aliphatic carbocycles. The molecule has 136 valence electrons. The number of hydrogen-bond donors (Lipinski definition) is 1. The van der Waals surface area contributed by atoms with E-state index in [9.17, 15) is 5.26 Å². The van der Waals surface area contributed by atoms with E-state index < -0.39 is 0 Å². The summed E-state index contributed by atoms with van der Waals surface area (Å²) in [6, 6.07) is 20.8. The maximum Gasteiger partial charge on any atom is 0.235 e. The summed E-state index contributed by atoms with van der Waals surface area (Å²) in [4.78, 5) is 8.12. The summed E-state index contributed by atoms with van der Waals surface area (Å²) in [6.45, 7) is 6.83. The van der Waals surface area contributed by atoms with Crippen LogP contribution in [-0.2, 0) is 6.54 Å². The summed E-state index contributed by atoms with van der Waals surface area (Å²) < 4.78 is 6.01. The van der Waals surface area contributed by atoms with Gasteiger partial charge < -0.3 is 14.2 Å². The van der Waals surface area contributed by atoms with Gasteiger partial charge in [-0.15, -0.1) is 0 Å². The van der Waals surface area contributed by atoms with E-state index in [-0.39, 0.29) is 0 Å². The first-order valence-electron chi connectivity index (χ1n) is 9.33. The molecule has 4 rings (SSSR count). The van der Waals surface area contributed by atoms with Gasteiger partial charge in [-0.2, -0.15) is 10.2 Å². The Hall–Kier alpha value is -3.10. The molecule has 1 fully saturated rings. The van der Waals surface area contributed by atoms with Gasteiger partial charge in [0.15, 0.2) is 0 Å². The number of nitrogens with zero attached hydrogens (tertiary/aromatic N) is 3. The van der Waals surface area contributed by atoms with Gasteiger partial charge in [0.05, 0.1) is 26.2 Å². The largest absolute Gasteiger partial charge is 0.419 e. The van der Waals surface area contributed by atoms with Crippen molar-refractivity contribution in [3.63, 3.8) is 0 Å². The first-order valence-corrected chi connectivity index (χ1v) is 9.33. The van der Waals surface area contributed by atoms with Crippen molar-refractivity contribution in [2.45, 2.75) is 13.5 Å².